The first-order valence-electron chi connectivity index (χ1n) is 6.02. The van der Waals surface area contributed by atoms with Crippen LogP contribution in [-0.2, 0) is 11.3 Å². The van der Waals surface area contributed by atoms with Gasteiger partial charge >= 0.3 is 0 Å². The minimum absolute atomic E-state index is 0.0223. The van der Waals surface area contributed by atoms with E-state index in [0.29, 0.717) is 13.0 Å². The van der Waals surface area contributed by atoms with Gasteiger partial charge in [0.05, 0.1) is 11.0 Å². The van der Waals surface area contributed by atoms with Gasteiger partial charge in [-0.15, -0.1) is 0 Å². The van der Waals surface area contributed by atoms with Gasteiger partial charge in [0.2, 0.25) is 5.91 Å². The van der Waals surface area contributed by atoms with Crippen LogP contribution in [0.2, 0.25) is 0 Å². The Balaban J connectivity index is 2.01. The minimum Gasteiger partial charge on any atom is -0.352 e. The third kappa shape index (κ3) is 3.07. The number of H-pyrrole nitrogens is 1. The second kappa shape index (κ2) is 5.18. The second-order valence-electron chi connectivity index (χ2n) is 4.63. The quantitative estimate of drug-likeness (QED) is 0.758. The van der Waals surface area contributed by atoms with Crippen LogP contribution >= 0.6 is 0 Å². The van der Waals surface area contributed by atoms with Gasteiger partial charge in [0.25, 0.3) is 0 Å². The molecule has 0 bridgehead atoms. The van der Waals surface area contributed by atoms with Crippen LogP contribution in [0.1, 0.15) is 24.7 Å². The number of hydrogen-bond donors (Lipinski definition) is 3. The van der Waals surface area contributed by atoms with Crippen molar-refractivity contribution in [3.63, 3.8) is 0 Å². The summed E-state index contributed by atoms with van der Waals surface area (Å²) in [5, 5.41) is 2.85. The summed E-state index contributed by atoms with van der Waals surface area (Å²) >= 11 is 0. The summed E-state index contributed by atoms with van der Waals surface area (Å²) in [6.07, 6.45) is 0.353. The molecule has 1 atom stereocenters. The molecule has 1 heterocycles. The van der Waals surface area contributed by atoms with Crippen LogP contribution in [0.25, 0.3) is 11.0 Å². The Labute approximate surface area is 106 Å². The number of amides is 1. The van der Waals surface area contributed by atoms with E-state index in [2.05, 4.69) is 15.3 Å². The van der Waals surface area contributed by atoms with Crippen LogP contribution in [0.3, 0.4) is 0 Å². The Kier molecular flexibility index (Phi) is 3.62. The van der Waals surface area contributed by atoms with Crippen LogP contribution < -0.4 is 11.1 Å². The highest BCUT2D eigenvalue weighted by atomic mass is 16.1. The van der Waals surface area contributed by atoms with Crippen molar-refractivity contribution < 1.29 is 4.79 Å². The van der Waals surface area contributed by atoms with E-state index in [1.54, 1.807) is 0 Å². The number of aromatic amines is 1. The number of benzene rings is 1. The maximum absolute atomic E-state index is 11.5. The van der Waals surface area contributed by atoms with Crippen molar-refractivity contribution in [1.29, 1.82) is 0 Å². The van der Waals surface area contributed by atoms with Gasteiger partial charge in [-0.25, -0.2) is 4.98 Å². The molecule has 0 spiro atoms. The molecule has 1 unspecified atom stereocenters. The molecule has 0 saturated carbocycles. The molecular formula is C13H18N4O. The molecule has 4 N–H and O–H groups in total. The first kappa shape index (κ1) is 12.6. The molecule has 1 aromatic carbocycles. The third-order valence-corrected chi connectivity index (χ3v) is 2.66. The molecular weight excluding hydrogens is 228 g/mol. The molecule has 5 nitrogen and oxygen atoms in total. The van der Waals surface area contributed by atoms with Gasteiger partial charge in [-0.05, 0) is 31.5 Å². The van der Waals surface area contributed by atoms with Crippen LogP contribution in [0.5, 0.6) is 0 Å². The van der Waals surface area contributed by atoms with Gasteiger partial charge in [-0.2, -0.15) is 0 Å². The summed E-state index contributed by atoms with van der Waals surface area (Å²) in [6.45, 7) is 4.25. The molecule has 0 radical (unpaired) electrons. The number of aryl methyl sites for hydroxylation is 1. The number of nitrogens with zero attached hydrogens (tertiary/aromatic N) is 1. The van der Waals surface area contributed by atoms with E-state index >= 15 is 0 Å². The lowest BCUT2D eigenvalue weighted by molar-refractivity contribution is -0.121. The van der Waals surface area contributed by atoms with E-state index in [0.717, 1.165) is 22.4 Å². The number of imidazole rings is 1. The largest absolute Gasteiger partial charge is 0.352 e. The molecule has 0 aliphatic rings. The average molecular weight is 246 g/mol. The van der Waals surface area contributed by atoms with Crippen LogP contribution in [0.15, 0.2) is 18.2 Å². The molecule has 2 aromatic rings. The molecule has 18 heavy (non-hydrogen) atoms. The van der Waals surface area contributed by atoms with Gasteiger partial charge in [0.1, 0.15) is 5.82 Å². The molecule has 1 aromatic heterocycles. The summed E-state index contributed by atoms with van der Waals surface area (Å²) in [5.74, 6) is 0.869. The lowest BCUT2D eigenvalue weighted by Gasteiger charge is -2.07. The van der Waals surface area contributed by atoms with E-state index in [1.807, 2.05) is 32.0 Å². The monoisotopic (exact) mass is 246 g/mol. The first-order valence-corrected chi connectivity index (χ1v) is 6.02. The smallest absolute Gasteiger partial charge is 0.221 e. The molecule has 0 fully saturated rings. The van der Waals surface area contributed by atoms with Crippen LogP contribution in [-0.4, -0.2) is 21.9 Å². The molecule has 0 aliphatic heterocycles. The summed E-state index contributed by atoms with van der Waals surface area (Å²) in [4.78, 5) is 19.0. The number of nitrogens with one attached hydrogen (secondary N) is 2. The Morgan fingerprint density at radius 2 is 2.33 bits per heavy atom. The van der Waals surface area contributed by atoms with Crippen molar-refractivity contribution in [3.05, 3.63) is 29.6 Å². The van der Waals surface area contributed by atoms with E-state index in [9.17, 15) is 4.79 Å². The van der Waals surface area contributed by atoms with E-state index in [1.165, 1.54) is 0 Å². The Hall–Kier alpha value is -1.88. The lowest BCUT2D eigenvalue weighted by Crippen LogP contribution is -2.29. The normalized spacial score (nSPS) is 12.6. The number of carbonyl (C=O) groups is 1. The summed E-state index contributed by atoms with van der Waals surface area (Å²) in [6, 6.07) is 5.81. The molecule has 0 aliphatic carbocycles. The van der Waals surface area contributed by atoms with Crippen molar-refractivity contribution >= 4 is 16.9 Å². The zero-order valence-corrected chi connectivity index (χ0v) is 10.7. The Bertz CT molecular complexity index is 559. The molecule has 5 heteroatoms. The fraction of sp³-hybridized carbons (Fsp3) is 0.385. The Morgan fingerprint density at radius 3 is 3.06 bits per heavy atom. The zero-order chi connectivity index (χ0) is 13.1. The highest BCUT2D eigenvalue weighted by Gasteiger charge is 2.05. The van der Waals surface area contributed by atoms with E-state index < -0.39 is 0 Å². The fourth-order valence-electron chi connectivity index (χ4n) is 1.86. The van der Waals surface area contributed by atoms with Crippen LogP contribution in [0.4, 0.5) is 0 Å². The van der Waals surface area contributed by atoms with Gasteiger partial charge < -0.3 is 16.0 Å². The van der Waals surface area contributed by atoms with E-state index in [-0.39, 0.29) is 11.9 Å². The van der Waals surface area contributed by atoms with Crippen molar-refractivity contribution in [2.45, 2.75) is 32.9 Å². The van der Waals surface area contributed by atoms with Gasteiger partial charge in [0, 0.05) is 19.0 Å². The zero-order valence-electron chi connectivity index (χ0n) is 10.7. The number of carbonyl (C=O) groups excluding carboxylic acids is 1. The molecule has 96 valence electrons. The fourth-order valence-corrected chi connectivity index (χ4v) is 1.86. The van der Waals surface area contributed by atoms with Crippen molar-refractivity contribution in [1.82, 2.24) is 15.3 Å². The van der Waals surface area contributed by atoms with Crippen molar-refractivity contribution in [2.75, 3.05) is 0 Å². The standard InChI is InChI=1S/C13H18N4O/c1-8(14)5-13(18)15-7-10-3-4-11-12(6-10)17-9(2)16-11/h3-4,6,8H,5,7,14H2,1-2H3,(H,15,18)(H,16,17). The molecule has 0 saturated heterocycles. The van der Waals surface area contributed by atoms with Crippen molar-refractivity contribution in [3.8, 4) is 0 Å². The predicted molar refractivity (Wildman–Crippen MR) is 70.9 cm³/mol. The maximum Gasteiger partial charge on any atom is 0.221 e. The highest BCUT2D eigenvalue weighted by molar-refractivity contribution is 5.77. The number of nitrogens with two attached hydrogens (primary N) is 1. The number of hydrogen-bond acceptors (Lipinski definition) is 3. The van der Waals surface area contributed by atoms with Crippen molar-refractivity contribution in [2.24, 2.45) is 5.73 Å². The predicted octanol–water partition coefficient (Wildman–Crippen LogP) is 1.22. The van der Waals surface area contributed by atoms with E-state index in [4.69, 9.17) is 5.73 Å². The summed E-state index contributed by atoms with van der Waals surface area (Å²) in [5.41, 5.74) is 8.55. The summed E-state index contributed by atoms with van der Waals surface area (Å²) < 4.78 is 0. The lowest BCUT2D eigenvalue weighted by atomic mass is 10.2. The number of fused-ring (bicyclic) bond motifs is 1. The Morgan fingerprint density at radius 1 is 1.56 bits per heavy atom. The van der Waals surface area contributed by atoms with Crippen LogP contribution in [0, 0.1) is 6.92 Å². The molecule has 1 amide bonds. The average Bonchev–Trinajstić information content (AvgIpc) is 2.64. The van der Waals surface area contributed by atoms with Gasteiger partial charge in [0.15, 0.2) is 0 Å². The SMILES string of the molecule is Cc1nc2ccc(CNC(=O)CC(C)N)cc2[nH]1. The third-order valence-electron chi connectivity index (χ3n) is 2.66. The topological polar surface area (TPSA) is 83.8 Å². The second-order valence-corrected chi connectivity index (χ2v) is 4.63. The highest BCUT2D eigenvalue weighted by Crippen LogP contribution is 2.13. The van der Waals surface area contributed by atoms with Gasteiger partial charge in [-0.3, -0.25) is 4.79 Å². The maximum atomic E-state index is 11.5. The first-order chi connectivity index (χ1) is 8.54. The number of aromatic nitrogens is 2. The molecule has 2 rings (SSSR count). The number of rotatable bonds is 4. The van der Waals surface area contributed by atoms with Gasteiger partial charge in [-0.1, -0.05) is 6.07 Å². The summed E-state index contributed by atoms with van der Waals surface area (Å²) in [7, 11) is 0. The minimum atomic E-state index is -0.109.